The second-order valence-corrected chi connectivity index (χ2v) is 6.20. The number of ether oxygens (including phenoxy) is 1. The minimum atomic E-state index is -0.566. The Hall–Kier alpha value is -2.11. The Labute approximate surface area is 149 Å². The summed E-state index contributed by atoms with van der Waals surface area (Å²) < 4.78 is 5.02. The number of carbonyl (C=O) groups is 2. The van der Waals surface area contributed by atoms with E-state index < -0.39 is 18.5 Å². The Morgan fingerprint density at radius 1 is 1.04 bits per heavy atom. The van der Waals surface area contributed by atoms with Crippen LogP contribution in [0.2, 0.25) is 10.0 Å². The van der Waals surface area contributed by atoms with Crippen molar-refractivity contribution in [3.05, 3.63) is 56.7 Å². The van der Waals surface area contributed by atoms with Gasteiger partial charge in [-0.15, -0.1) is 0 Å². The van der Waals surface area contributed by atoms with Gasteiger partial charge in [-0.2, -0.15) is 0 Å². The van der Waals surface area contributed by atoms with E-state index in [1.807, 2.05) is 19.9 Å². The van der Waals surface area contributed by atoms with Gasteiger partial charge in [0.25, 0.3) is 5.91 Å². The van der Waals surface area contributed by atoms with Crippen molar-refractivity contribution < 1.29 is 14.3 Å². The highest BCUT2D eigenvalue weighted by atomic mass is 35.5. The molecule has 7 heteroatoms. The monoisotopic (exact) mass is 366 g/mol. The van der Waals surface area contributed by atoms with Gasteiger partial charge < -0.3 is 10.1 Å². The highest BCUT2D eigenvalue weighted by Gasteiger charge is 2.14. The van der Waals surface area contributed by atoms with Crippen LogP contribution in [0.4, 0.5) is 5.82 Å². The van der Waals surface area contributed by atoms with Crippen molar-refractivity contribution in [1.29, 1.82) is 0 Å². The first-order valence-corrected chi connectivity index (χ1v) is 7.90. The van der Waals surface area contributed by atoms with Gasteiger partial charge in [-0.1, -0.05) is 40.4 Å². The molecular formula is C17H16Cl2N2O3. The molecule has 24 heavy (non-hydrogen) atoms. The van der Waals surface area contributed by atoms with E-state index in [9.17, 15) is 9.59 Å². The van der Waals surface area contributed by atoms with Crippen molar-refractivity contribution in [2.24, 2.45) is 0 Å². The molecule has 0 bridgehead atoms. The zero-order valence-electron chi connectivity index (χ0n) is 13.4. The second-order valence-electron chi connectivity index (χ2n) is 5.39. The number of anilines is 1. The summed E-state index contributed by atoms with van der Waals surface area (Å²) in [6, 6.07) is 6.84. The fourth-order valence-corrected chi connectivity index (χ4v) is 2.53. The van der Waals surface area contributed by atoms with Crippen LogP contribution in [0.5, 0.6) is 0 Å². The summed E-state index contributed by atoms with van der Waals surface area (Å²) in [4.78, 5) is 28.0. The molecule has 2 aromatic rings. The normalized spacial score (nSPS) is 10.4. The molecule has 5 nitrogen and oxygen atoms in total. The molecule has 0 spiro atoms. The Morgan fingerprint density at radius 2 is 1.67 bits per heavy atom. The molecule has 0 aliphatic rings. The van der Waals surface area contributed by atoms with Crippen LogP contribution >= 0.6 is 23.2 Å². The first-order valence-electron chi connectivity index (χ1n) is 7.14. The molecule has 0 aliphatic heterocycles. The van der Waals surface area contributed by atoms with Gasteiger partial charge in [-0.05, 0) is 39.0 Å². The lowest BCUT2D eigenvalue weighted by Gasteiger charge is -2.09. The van der Waals surface area contributed by atoms with Crippen LogP contribution in [0, 0.1) is 20.8 Å². The number of halogens is 2. The summed E-state index contributed by atoms with van der Waals surface area (Å²) in [6.07, 6.45) is 0. The molecule has 1 N–H and O–H groups in total. The lowest BCUT2D eigenvalue weighted by atomic mass is 10.1. The number of amides is 1. The molecule has 2 rings (SSSR count). The van der Waals surface area contributed by atoms with E-state index in [-0.39, 0.29) is 10.8 Å². The van der Waals surface area contributed by atoms with Gasteiger partial charge in [0.05, 0.1) is 21.3 Å². The molecule has 0 aliphatic carbocycles. The molecule has 1 aromatic heterocycles. The van der Waals surface area contributed by atoms with Gasteiger partial charge in [0.2, 0.25) is 0 Å². The van der Waals surface area contributed by atoms with Crippen LogP contribution in [0.25, 0.3) is 0 Å². The van der Waals surface area contributed by atoms with Crippen LogP contribution in [-0.2, 0) is 9.53 Å². The number of rotatable bonds is 4. The highest BCUT2D eigenvalue weighted by Crippen LogP contribution is 2.25. The lowest BCUT2D eigenvalue weighted by Crippen LogP contribution is -2.22. The summed E-state index contributed by atoms with van der Waals surface area (Å²) >= 11 is 11.9. The summed E-state index contributed by atoms with van der Waals surface area (Å²) in [5.41, 5.74) is 2.82. The maximum Gasteiger partial charge on any atom is 0.338 e. The molecule has 0 atom stereocenters. The second kappa shape index (κ2) is 7.64. The Bertz CT molecular complexity index is 786. The number of aryl methyl sites for hydroxylation is 3. The van der Waals surface area contributed by atoms with E-state index in [1.54, 1.807) is 19.1 Å². The topological polar surface area (TPSA) is 68.3 Å². The van der Waals surface area contributed by atoms with E-state index in [2.05, 4.69) is 10.3 Å². The minimum Gasteiger partial charge on any atom is -0.452 e. The SMILES string of the molecule is Cc1cc(C)cc(C(=O)OCC(=O)Nc2nc(C)c(Cl)cc2Cl)c1. The molecule has 1 aromatic carbocycles. The summed E-state index contributed by atoms with van der Waals surface area (Å²) in [5.74, 6) is -0.932. The van der Waals surface area contributed by atoms with Crippen LogP contribution in [0.15, 0.2) is 24.3 Å². The van der Waals surface area contributed by atoms with Gasteiger partial charge in [0.15, 0.2) is 12.4 Å². The van der Waals surface area contributed by atoms with Crippen molar-refractivity contribution in [2.75, 3.05) is 11.9 Å². The van der Waals surface area contributed by atoms with E-state index >= 15 is 0 Å². The molecule has 0 radical (unpaired) electrons. The number of esters is 1. The van der Waals surface area contributed by atoms with Gasteiger partial charge in [-0.25, -0.2) is 9.78 Å². The number of nitrogens with one attached hydrogen (secondary N) is 1. The summed E-state index contributed by atoms with van der Waals surface area (Å²) in [6.45, 7) is 5.01. The quantitative estimate of drug-likeness (QED) is 0.826. The Kier molecular flexibility index (Phi) is 5.80. The average molecular weight is 367 g/mol. The molecule has 126 valence electrons. The van der Waals surface area contributed by atoms with Gasteiger partial charge in [-0.3, -0.25) is 4.79 Å². The highest BCUT2D eigenvalue weighted by molar-refractivity contribution is 6.36. The van der Waals surface area contributed by atoms with Crippen LogP contribution < -0.4 is 5.32 Å². The molecule has 1 heterocycles. The van der Waals surface area contributed by atoms with E-state index in [0.29, 0.717) is 16.3 Å². The van der Waals surface area contributed by atoms with Crippen molar-refractivity contribution in [1.82, 2.24) is 4.98 Å². The zero-order chi connectivity index (χ0) is 17.9. The number of hydrogen-bond donors (Lipinski definition) is 1. The number of nitrogens with zero attached hydrogens (tertiary/aromatic N) is 1. The number of benzene rings is 1. The third-order valence-electron chi connectivity index (χ3n) is 3.15. The molecule has 0 fully saturated rings. The standard InChI is InChI=1S/C17H16Cl2N2O3/c1-9-4-10(2)6-12(5-9)17(23)24-8-15(22)21-16-14(19)7-13(18)11(3)20-16/h4-7H,8H2,1-3H3,(H,20,21,22). The molecule has 0 unspecified atom stereocenters. The molecule has 0 saturated carbocycles. The first-order chi connectivity index (χ1) is 11.3. The summed E-state index contributed by atoms with van der Waals surface area (Å²) in [7, 11) is 0. The van der Waals surface area contributed by atoms with Crippen molar-refractivity contribution in [3.8, 4) is 0 Å². The maximum absolute atomic E-state index is 12.0. The zero-order valence-corrected chi connectivity index (χ0v) is 15.0. The predicted octanol–water partition coefficient (Wildman–Crippen LogP) is 4.11. The lowest BCUT2D eigenvalue weighted by molar-refractivity contribution is -0.119. The van der Waals surface area contributed by atoms with Gasteiger partial charge in [0.1, 0.15) is 0 Å². The van der Waals surface area contributed by atoms with E-state index in [0.717, 1.165) is 11.1 Å². The van der Waals surface area contributed by atoms with Gasteiger partial charge in [0, 0.05) is 0 Å². The number of carbonyl (C=O) groups excluding carboxylic acids is 2. The van der Waals surface area contributed by atoms with Crippen LogP contribution in [0.1, 0.15) is 27.2 Å². The van der Waals surface area contributed by atoms with Crippen molar-refractivity contribution >= 4 is 40.9 Å². The minimum absolute atomic E-state index is 0.172. The Morgan fingerprint density at radius 3 is 2.29 bits per heavy atom. The molecule has 1 amide bonds. The van der Waals surface area contributed by atoms with Crippen LogP contribution in [-0.4, -0.2) is 23.5 Å². The average Bonchev–Trinajstić information content (AvgIpc) is 2.49. The molecule has 0 saturated heterocycles. The first kappa shape index (κ1) is 18.2. The van der Waals surface area contributed by atoms with E-state index in [1.165, 1.54) is 6.07 Å². The fourth-order valence-electron chi connectivity index (χ4n) is 2.12. The Balaban J connectivity index is 1.98. The largest absolute Gasteiger partial charge is 0.452 e. The fraction of sp³-hybridized carbons (Fsp3) is 0.235. The van der Waals surface area contributed by atoms with Crippen molar-refractivity contribution in [2.45, 2.75) is 20.8 Å². The van der Waals surface area contributed by atoms with E-state index in [4.69, 9.17) is 27.9 Å². The van der Waals surface area contributed by atoms with Crippen molar-refractivity contribution in [3.63, 3.8) is 0 Å². The smallest absolute Gasteiger partial charge is 0.338 e. The third-order valence-corrected chi connectivity index (χ3v) is 3.83. The molecular weight excluding hydrogens is 351 g/mol. The van der Waals surface area contributed by atoms with Crippen LogP contribution in [0.3, 0.4) is 0 Å². The number of hydrogen-bond acceptors (Lipinski definition) is 4. The number of aromatic nitrogens is 1. The number of pyridine rings is 1. The summed E-state index contributed by atoms with van der Waals surface area (Å²) in [5, 5.41) is 3.10. The van der Waals surface area contributed by atoms with Gasteiger partial charge >= 0.3 is 5.97 Å². The predicted molar refractivity (Wildman–Crippen MR) is 93.8 cm³/mol. The third kappa shape index (κ3) is 4.69. The maximum atomic E-state index is 12.0.